The molecule has 0 saturated heterocycles. The number of carbonyl (C=O) groups is 1. The molecule has 0 bridgehead atoms. The Morgan fingerprint density at radius 1 is 1.77 bits per heavy atom. The molecular weight excluding hydrogens is 187 g/mol. The molecule has 2 atom stereocenters. The Bertz CT molecular complexity index is 225. The van der Waals surface area contributed by atoms with E-state index in [1.165, 1.54) is 0 Å². The van der Waals surface area contributed by atoms with Crippen molar-refractivity contribution in [3.05, 3.63) is 11.6 Å². The van der Waals surface area contributed by atoms with Crippen LogP contribution in [0.4, 0.5) is 0 Å². The lowest BCUT2D eigenvalue weighted by atomic mass is 10.1. The summed E-state index contributed by atoms with van der Waals surface area (Å²) in [6, 6.07) is 0. The van der Waals surface area contributed by atoms with E-state index < -0.39 is 0 Å². The van der Waals surface area contributed by atoms with Gasteiger partial charge in [0.15, 0.2) is 0 Å². The van der Waals surface area contributed by atoms with Crippen LogP contribution in [0.5, 0.6) is 0 Å². The Kier molecular flexibility index (Phi) is 3.73. The summed E-state index contributed by atoms with van der Waals surface area (Å²) in [6.07, 6.45) is 0.872. The Labute approximate surface area is 79.9 Å². The smallest absolute Gasteiger partial charge is 0.316 e. The molecule has 74 valence electrons. The minimum atomic E-state index is -0.181. The fourth-order valence-electron chi connectivity index (χ4n) is 1.37. The van der Waals surface area contributed by atoms with Crippen LogP contribution in [0.3, 0.4) is 0 Å². The van der Waals surface area contributed by atoms with Crippen molar-refractivity contribution in [3.8, 4) is 0 Å². The number of rotatable bonds is 3. The largest absolute Gasteiger partial charge is 0.500 e. The molecule has 13 heavy (non-hydrogen) atoms. The van der Waals surface area contributed by atoms with Crippen LogP contribution in [0, 0.1) is 5.92 Å². The fraction of sp³-hybridized carbons (Fsp3) is 0.667. The van der Waals surface area contributed by atoms with Gasteiger partial charge in [-0.05, 0) is 25.6 Å². The summed E-state index contributed by atoms with van der Waals surface area (Å²) < 4.78 is 10.1. The molecule has 0 saturated carbocycles. The van der Waals surface area contributed by atoms with Crippen LogP contribution in [-0.4, -0.2) is 32.5 Å². The van der Waals surface area contributed by atoms with Crippen molar-refractivity contribution in [2.45, 2.75) is 6.92 Å². The second-order valence-electron chi connectivity index (χ2n) is 2.98. The van der Waals surface area contributed by atoms with Gasteiger partial charge in [0.25, 0.3) is 0 Å². The van der Waals surface area contributed by atoms with Crippen LogP contribution in [0.25, 0.3) is 0 Å². The quantitative estimate of drug-likeness (QED) is 0.517. The van der Waals surface area contributed by atoms with Gasteiger partial charge in [0, 0.05) is 0 Å². The van der Waals surface area contributed by atoms with E-state index >= 15 is 0 Å². The van der Waals surface area contributed by atoms with Crippen molar-refractivity contribution in [2.24, 2.45) is 5.92 Å². The Morgan fingerprint density at radius 3 is 3.00 bits per heavy atom. The third kappa shape index (κ3) is 2.44. The molecule has 0 aromatic rings. The van der Waals surface area contributed by atoms with E-state index in [1.54, 1.807) is 7.11 Å². The lowest BCUT2D eigenvalue weighted by molar-refractivity contribution is -0.146. The van der Waals surface area contributed by atoms with Crippen molar-refractivity contribution in [1.29, 1.82) is 0 Å². The van der Waals surface area contributed by atoms with Crippen molar-refractivity contribution >= 4 is 13.9 Å². The van der Waals surface area contributed by atoms with Gasteiger partial charge in [0.1, 0.15) is 11.7 Å². The molecule has 4 heteroatoms. The number of hydrogen-bond acceptors (Lipinski definition) is 3. The highest BCUT2D eigenvalue weighted by atomic mass is 31.1. The highest BCUT2D eigenvalue weighted by Crippen LogP contribution is 2.45. The molecule has 1 aliphatic rings. The topological polar surface area (TPSA) is 35.5 Å². The molecule has 0 spiro atoms. The number of hydrogen-bond donors (Lipinski definition) is 0. The van der Waals surface area contributed by atoms with Crippen LogP contribution < -0.4 is 0 Å². The standard InChI is InChI=1S/C9H15O3P/c1-4-12-9(10)7-5-13(3)6-8(7)11-2/h6-7H,4-5H2,1-3H3. The molecule has 1 rings (SSSR count). The first-order valence-electron chi connectivity index (χ1n) is 4.31. The fourth-order valence-corrected chi connectivity index (χ4v) is 3.10. The summed E-state index contributed by atoms with van der Waals surface area (Å²) in [7, 11) is 1.42. The summed E-state index contributed by atoms with van der Waals surface area (Å²) in [6.45, 7) is 4.39. The van der Waals surface area contributed by atoms with Crippen molar-refractivity contribution < 1.29 is 14.3 Å². The van der Waals surface area contributed by atoms with E-state index in [1.807, 2.05) is 6.92 Å². The molecule has 0 aromatic carbocycles. The van der Waals surface area contributed by atoms with Gasteiger partial charge < -0.3 is 9.47 Å². The number of carbonyl (C=O) groups excluding carboxylic acids is 1. The summed E-state index contributed by atoms with van der Waals surface area (Å²) in [5, 5.41) is 0. The van der Waals surface area contributed by atoms with Crippen LogP contribution in [0.15, 0.2) is 11.6 Å². The predicted octanol–water partition coefficient (Wildman–Crippen LogP) is 1.78. The SMILES string of the molecule is CCOC(=O)C1CP(C)C=C1OC. The van der Waals surface area contributed by atoms with Gasteiger partial charge in [0.05, 0.1) is 13.7 Å². The molecule has 0 radical (unpaired) electrons. The highest BCUT2D eigenvalue weighted by Gasteiger charge is 2.31. The van der Waals surface area contributed by atoms with Crippen molar-refractivity contribution in [1.82, 2.24) is 0 Å². The van der Waals surface area contributed by atoms with E-state index in [-0.39, 0.29) is 19.8 Å². The summed E-state index contributed by atoms with van der Waals surface area (Å²) in [5.74, 6) is 2.53. The zero-order valence-electron chi connectivity index (χ0n) is 8.24. The first-order chi connectivity index (χ1) is 6.19. The maximum absolute atomic E-state index is 11.4. The maximum atomic E-state index is 11.4. The molecule has 2 unspecified atom stereocenters. The van der Waals surface area contributed by atoms with Crippen LogP contribution in [-0.2, 0) is 14.3 Å². The molecular formula is C9H15O3P. The van der Waals surface area contributed by atoms with Gasteiger partial charge in [0.2, 0.25) is 0 Å². The summed E-state index contributed by atoms with van der Waals surface area (Å²) >= 11 is 0. The zero-order chi connectivity index (χ0) is 9.84. The molecule has 0 N–H and O–H groups in total. The van der Waals surface area contributed by atoms with Gasteiger partial charge in [-0.1, -0.05) is 7.92 Å². The summed E-state index contributed by atoms with van der Waals surface area (Å²) in [4.78, 5) is 11.4. The van der Waals surface area contributed by atoms with Gasteiger partial charge >= 0.3 is 5.97 Å². The Hall–Kier alpha value is -0.560. The summed E-state index contributed by atoms with van der Waals surface area (Å²) in [5.41, 5.74) is 0. The molecule has 3 nitrogen and oxygen atoms in total. The van der Waals surface area contributed by atoms with Crippen molar-refractivity contribution in [3.63, 3.8) is 0 Å². The Balaban J connectivity index is 2.61. The first-order valence-corrected chi connectivity index (χ1v) is 6.36. The monoisotopic (exact) mass is 202 g/mol. The molecule has 1 aliphatic heterocycles. The van der Waals surface area contributed by atoms with E-state index in [9.17, 15) is 4.79 Å². The van der Waals surface area contributed by atoms with E-state index in [4.69, 9.17) is 9.47 Å². The number of methoxy groups -OCH3 is 1. The highest BCUT2D eigenvalue weighted by molar-refractivity contribution is 7.60. The maximum Gasteiger partial charge on any atom is 0.316 e. The number of esters is 1. The zero-order valence-corrected chi connectivity index (χ0v) is 9.14. The minimum Gasteiger partial charge on any atom is -0.500 e. The minimum absolute atomic E-state index is 0.151. The van der Waals surface area contributed by atoms with Crippen LogP contribution in [0.2, 0.25) is 0 Å². The second-order valence-corrected chi connectivity index (χ2v) is 5.12. The molecule has 0 fully saturated rings. The van der Waals surface area contributed by atoms with Gasteiger partial charge in [-0.2, -0.15) is 0 Å². The first kappa shape index (κ1) is 10.5. The normalized spacial score (nSPS) is 26.8. The number of ether oxygens (including phenoxy) is 2. The molecule has 0 amide bonds. The van der Waals surface area contributed by atoms with Crippen LogP contribution in [0.1, 0.15) is 6.92 Å². The van der Waals surface area contributed by atoms with E-state index in [0.717, 1.165) is 11.9 Å². The van der Waals surface area contributed by atoms with Crippen LogP contribution >= 0.6 is 7.92 Å². The van der Waals surface area contributed by atoms with Gasteiger partial charge in [-0.25, -0.2) is 0 Å². The van der Waals surface area contributed by atoms with E-state index in [2.05, 4.69) is 12.5 Å². The van der Waals surface area contributed by atoms with Gasteiger partial charge in [-0.15, -0.1) is 0 Å². The molecule has 1 heterocycles. The lowest BCUT2D eigenvalue weighted by Crippen LogP contribution is -2.20. The Morgan fingerprint density at radius 2 is 2.46 bits per heavy atom. The van der Waals surface area contributed by atoms with E-state index in [0.29, 0.717) is 6.61 Å². The van der Waals surface area contributed by atoms with Crippen molar-refractivity contribution in [2.75, 3.05) is 26.5 Å². The third-order valence-electron chi connectivity index (χ3n) is 1.97. The lowest BCUT2D eigenvalue weighted by Gasteiger charge is -2.12. The molecule has 0 aromatic heterocycles. The average molecular weight is 202 g/mol. The second kappa shape index (κ2) is 4.61. The average Bonchev–Trinajstić information content (AvgIpc) is 2.47. The third-order valence-corrected chi connectivity index (χ3v) is 3.60. The molecule has 0 aliphatic carbocycles. The predicted molar refractivity (Wildman–Crippen MR) is 52.9 cm³/mol. The van der Waals surface area contributed by atoms with Gasteiger partial charge in [-0.3, -0.25) is 4.79 Å².